The molecule has 0 aliphatic heterocycles. The van der Waals surface area contributed by atoms with Crippen LogP contribution in [0.15, 0.2) is 17.2 Å². The summed E-state index contributed by atoms with van der Waals surface area (Å²) in [7, 11) is 0. The molecule has 1 heterocycles. The Morgan fingerprint density at radius 1 is 1.06 bits per heavy atom. The van der Waals surface area contributed by atoms with Gasteiger partial charge in [-0.1, -0.05) is 17.7 Å². The van der Waals surface area contributed by atoms with Crippen LogP contribution in [0.1, 0.15) is 22.3 Å². The van der Waals surface area contributed by atoms with Crippen LogP contribution < -0.4 is 0 Å². The average molecular weight is 278 g/mol. The van der Waals surface area contributed by atoms with Crippen molar-refractivity contribution in [2.45, 2.75) is 20.8 Å². The Labute approximate surface area is 115 Å². The fraction of sp³-hybridized carbons (Fsp3) is 0.250. The molecule has 94 valence electrons. The first-order valence-electron chi connectivity index (χ1n) is 5.51. The summed E-state index contributed by atoms with van der Waals surface area (Å²) in [6.45, 7) is 6.22. The Balaban J connectivity index is 2.47. The number of H-pyrrole nitrogens is 2. The zero-order chi connectivity index (χ0) is 13.3. The standard InChI is InChI=1S/C12H14N4S2/c1-7-4-8(2)10(9(3)5-7)6-13-16-11(17)14-15-12(16)18/h4-6H,1-3H3,(H,14,17)(H,15,18). The summed E-state index contributed by atoms with van der Waals surface area (Å²) in [6, 6.07) is 4.26. The summed E-state index contributed by atoms with van der Waals surface area (Å²) in [4.78, 5) is 0. The molecule has 1 aromatic carbocycles. The van der Waals surface area contributed by atoms with Crippen molar-refractivity contribution in [2.75, 3.05) is 0 Å². The molecule has 6 heteroatoms. The topological polar surface area (TPSA) is 48.9 Å². The highest BCUT2D eigenvalue weighted by Crippen LogP contribution is 2.14. The fourth-order valence-corrected chi connectivity index (χ4v) is 2.36. The molecular weight excluding hydrogens is 264 g/mol. The van der Waals surface area contributed by atoms with Gasteiger partial charge in [0.25, 0.3) is 0 Å². The van der Waals surface area contributed by atoms with E-state index in [4.69, 9.17) is 24.4 Å². The van der Waals surface area contributed by atoms with Crippen LogP contribution in [-0.4, -0.2) is 21.1 Å². The van der Waals surface area contributed by atoms with Crippen LogP contribution in [0.3, 0.4) is 0 Å². The maximum atomic E-state index is 5.07. The van der Waals surface area contributed by atoms with Crippen molar-refractivity contribution in [1.29, 1.82) is 0 Å². The summed E-state index contributed by atoms with van der Waals surface area (Å²) in [5.74, 6) is 0. The average Bonchev–Trinajstić information content (AvgIpc) is 2.58. The Morgan fingerprint density at radius 3 is 2.06 bits per heavy atom. The van der Waals surface area contributed by atoms with E-state index in [9.17, 15) is 0 Å². The van der Waals surface area contributed by atoms with Crippen molar-refractivity contribution in [2.24, 2.45) is 5.10 Å². The highest BCUT2D eigenvalue weighted by Gasteiger charge is 2.01. The molecule has 0 unspecified atom stereocenters. The minimum Gasteiger partial charge on any atom is -0.273 e. The Morgan fingerprint density at radius 2 is 1.56 bits per heavy atom. The number of nitrogens with zero attached hydrogens (tertiary/aromatic N) is 2. The van der Waals surface area contributed by atoms with Crippen LogP contribution in [0.4, 0.5) is 0 Å². The van der Waals surface area contributed by atoms with Gasteiger partial charge in [-0.25, -0.2) is 0 Å². The summed E-state index contributed by atoms with van der Waals surface area (Å²) in [5.41, 5.74) is 4.72. The third kappa shape index (κ3) is 2.49. The molecule has 1 aromatic heterocycles. The number of aromatic nitrogens is 3. The maximum Gasteiger partial charge on any atom is 0.215 e. The predicted molar refractivity (Wildman–Crippen MR) is 78.4 cm³/mol. The van der Waals surface area contributed by atoms with Gasteiger partial charge in [0.15, 0.2) is 0 Å². The third-order valence-electron chi connectivity index (χ3n) is 2.70. The second kappa shape index (κ2) is 4.99. The quantitative estimate of drug-likeness (QED) is 0.653. The molecule has 2 rings (SSSR count). The fourth-order valence-electron chi connectivity index (χ4n) is 1.92. The molecule has 0 aliphatic rings. The minimum atomic E-state index is 0.457. The number of benzene rings is 1. The highest BCUT2D eigenvalue weighted by atomic mass is 32.1. The van der Waals surface area contributed by atoms with Gasteiger partial charge >= 0.3 is 0 Å². The Bertz CT molecular complexity index is 668. The molecule has 4 nitrogen and oxygen atoms in total. The van der Waals surface area contributed by atoms with Crippen LogP contribution >= 0.6 is 24.4 Å². The molecule has 0 radical (unpaired) electrons. The molecule has 2 aromatic rings. The molecule has 0 saturated heterocycles. The molecule has 0 spiro atoms. The van der Waals surface area contributed by atoms with E-state index in [-0.39, 0.29) is 0 Å². The van der Waals surface area contributed by atoms with Gasteiger partial charge in [-0.3, -0.25) is 10.2 Å². The highest BCUT2D eigenvalue weighted by molar-refractivity contribution is 7.72. The summed E-state index contributed by atoms with van der Waals surface area (Å²) in [6.07, 6.45) is 1.79. The van der Waals surface area contributed by atoms with Gasteiger partial charge in [-0.15, -0.1) is 0 Å². The molecule has 0 fully saturated rings. The monoisotopic (exact) mass is 278 g/mol. The molecular formula is C12H14N4S2. The maximum absolute atomic E-state index is 5.07. The van der Waals surface area contributed by atoms with Gasteiger partial charge in [0, 0.05) is 5.56 Å². The van der Waals surface area contributed by atoms with Gasteiger partial charge in [-0.2, -0.15) is 9.78 Å². The van der Waals surface area contributed by atoms with Gasteiger partial charge in [0.2, 0.25) is 9.54 Å². The minimum absolute atomic E-state index is 0.457. The molecule has 0 bridgehead atoms. The first-order chi connectivity index (χ1) is 8.49. The van der Waals surface area contributed by atoms with Crippen LogP contribution in [0.2, 0.25) is 0 Å². The Hall–Kier alpha value is -1.53. The zero-order valence-electron chi connectivity index (χ0n) is 10.4. The predicted octanol–water partition coefficient (Wildman–Crippen LogP) is 3.41. The summed E-state index contributed by atoms with van der Waals surface area (Å²) >= 11 is 10.1. The van der Waals surface area contributed by atoms with Crippen LogP contribution in [0.5, 0.6) is 0 Å². The smallest absolute Gasteiger partial charge is 0.215 e. The van der Waals surface area contributed by atoms with E-state index in [1.54, 1.807) is 6.21 Å². The number of hydrogen-bond donors (Lipinski definition) is 2. The van der Waals surface area contributed by atoms with Gasteiger partial charge < -0.3 is 0 Å². The van der Waals surface area contributed by atoms with Gasteiger partial charge in [-0.05, 0) is 56.3 Å². The lowest BCUT2D eigenvalue weighted by Crippen LogP contribution is -1.96. The second-order valence-corrected chi connectivity index (χ2v) is 5.00. The van der Waals surface area contributed by atoms with Crippen molar-refractivity contribution in [3.63, 3.8) is 0 Å². The van der Waals surface area contributed by atoms with Crippen molar-refractivity contribution >= 4 is 30.7 Å². The molecule has 0 aliphatic carbocycles. The number of aromatic amines is 2. The lowest BCUT2D eigenvalue weighted by atomic mass is 10.0. The number of rotatable bonds is 2. The van der Waals surface area contributed by atoms with E-state index in [2.05, 4.69) is 48.2 Å². The van der Waals surface area contributed by atoms with Crippen molar-refractivity contribution in [3.8, 4) is 0 Å². The summed E-state index contributed by atoms with van der Waals surface area (Å²) in [5, 5.41) is 9.80. The molecule has 0 atom stereocenters. The van der Waals surface area contributed by atoms with Crippen molar-refractivity contribution in [3.05, 3.63) is 43.9 Å². The number of aryl methyl sites for hydroxylation is 3. The van der Waals surface area contributed by atoms with E-state index < -0.39 is 0 Å². The first-order valence-corrected chi connectivity index (χ1v) is 6.32. The van der Waals surface area contributed by atoms with E-state index in [1.165, 1.54) is 21.4 Å². The Kier molecular flexibility index (Phi) is 3.58. The van der Waals surface area contributed by atoms with Gasteiger partial charge in [0.1, 0.15) is 0 Å². The second-order valence-electron chi connectivity index (χ2n) is 4.23. The van der Waals surface area contributed by atoms with Crippen molar-refractivity contribution < 1.29 is 0 Å². The molecule has 2 N–H and O–H groups in total. The normalized spacial score (nSPS) is 11.3. The lowest BCUT2D eigenvalue weighted by Gasteiger charge is -2.06. The molecule has 18 heavy (non-hydrogen) atoms. The summed E-state index contributed by atoms with van der Waals surface area (Å²) < 4.78 is 2.40. The van der Waals surface area contributed by atoms with Crippen LogP contribution in [0.25, 0.3) is 0 Å². The van der Waals surface area contributed by atoms with E-state index in [1.807, 2.05) is 0 Å². The van der Waals surface area contributed by atoms with Crippen LogP contribution in [0, 0.1) is 30.3 Å². The van der Waals surface area contributed by atoms with E-state index >= 15 is 0 Å². The zero-order valence-corrected chi connectivity index (χ0v) is 12.1. The number of hydrogen-bond acceptors (Lipinski definition) is 3. The van der Waals surface area contributed by atoms with E-state index in [0.717, 1.165) is 5.56 Å². The van der Waals surface area contributed by atoms with E-state index in [0.29, 0.717) is 9.54 Å². The molecule has 0 saturated carbocycles. The molecule has 0 amide bonds. The van der Waals surface area contributed by atoms with Gasteiger partial charge in [0.05, 0.1) is 6.21 Å². The largest absolute Gasteiger partial charge is 0.273 e. The lowest BCUT2D eigenvalue weighted by molar-refractivity contribution is 0.848. The van der Waals surface area contributed by atoms with Crippen molar-refractivity contribution in [1.82, 2.24) is 14.9 Å². The first kappa shape index (κ1) is 12.9. The SMILES string of the molecule is Cc1cc(C)c(C=Nn2c(=S)[nH][nH]c2=S)c(C)c1. The number of nitrogens with one attached hydrogen (secondary N) is 2. The third-order valence-corrected chi connectivity index (χ3v) is 3.25. The van der Waals surface area contributed by atoms with Crippen LogP contribution in [-0.2, 0) is 0 Å².